The summed E-state index contributed by atoms with van der Waals surface area (Å²) in [6, 6.07) is 17.8. The van der Waals surface area contributed by atoms with Crippen LogP contribution in [0.15, 0.2) is 60.7 Å². The van der Waals surface area contributed by atoms with E-state index in [-0.39, 0.29) is 18.2 Å². The van der Waals surface area contributed by atoms with Crippen LogP contribution in [0.3, 0.4) is 0 Å². The number of halogens is 1. The molecular formula is C27H22ClN3O4S. The van der Waals surface area contributed by atoms with Crippen molar-refractivity contribution in [2.45, 2.75) is 13.3 Å². The van der Waals surface area contributed by atoms with Gasteiger partial charge in [-0.05, 0) is 73.2 Å². The van der Waals surface area contributed by atoms with E-state index in [1.165, 1.54) is 11.3 Å². The molecule has 36 heavy (non-hydrogen) atoms. The van der Waals surface area contributed by atoms with Crippen molar-refractivity contribution in [3.05, 3.63) is 82.5 Å². The van der Waals surface area contributed by atoms with Gasteiger partial charge in [-0.3, -0.25) is 14.2 Å². The third-order valence-electron chi connectivity index (χ3n) is 6.02. The highest BCUT2D eigenvalue weighted by molar-refractivity contribution is 7.22. The van der Waals surface area contributed by atoms with Gasteiger partial charge in [0.05, 0.1) is 36.4 Å². The molecule has 0 bridgehead atoms. The minimum Gasteiger partial charge on any atom is -0.497 e. The number of carbonyl (C=O) groups excluding carboxylic acids is 2. The molecule has 2 heterocycles. The number of fused-ring (bicyclic) bond motifs is 2. The normalized spacial score (nSPS) is 11.1. The molecule has 0 fully saturated rings. The predicted molar refractivity (Wildman–Crippen MR) is 143 cm³/mol. The predicted octanol–water partition coefficient (Wildman–Crippen LogP) is 6.10. The van der Waals surface area contributed by atoms with E-state index in [1.807, 2.05) is 37.3 Å². The fourth-order valence-corrected chi connectivity index (χ4v) is 5.24. The summed E-state index contributed by atoms with van der Waals surface area (Å²) in [5, 5.41) is 4.73. The van der Waals surface area contributed by atoms with Crippen LogP contribution in [0.1, 0.15) is 21.6 Å². The standard InChI is InChI=1S/C27H22ClN3O4S/c1-15-20(14-25(32)30-27-29-22-10-8-19(35-3)13-24(22)36-27)21-12-18(34-2)9-11-23(21)31(15)26(33)16-4-6-17(28)7-5-16/h4-13H,14H2,1-3H3,(H,29,30,32). The number of thiazole rings is 1. The largest absolute Gasteiger partial charge is 0.497 e. The summed E-state index contributed by atoms with van der Waals surface area (Å²) in [6.07, 6.45) is 0.0651. The second-order valence-electron chi connectivity index (χ2n) is 8.17. The van der Waals surface area contributed by atoms with Crippen LogP contribution in [0, 0.1) is 6.92 Å². The van der Waals surface area contributed by atoms with Crippen LogP contribution in [0.25, 0.3) is 21.1 Å². The average molecular weight is 520 g/mol. The SMILES string of the molecule is COc1ccc2nc(NC(=O)Cc3c(C)n(C(=O)c4ccc(Cl)cc4)c4ccc(OC)cc34)sc2c1. The van der Waals surface area contributed by atoms with Crippen molar-refractivity contribution in [1.82, 2.24) is 9.55 Å². The van der Waals surface area contributed by atoms with Gasteiger partial charge in [-0.25, -0.2) is 4.98 Å². The quantitative estimate of drug-likeness (QED) is 0.293. The van der Waals surface area contributed by atoms with Crippen LogP contribution in [-0.4, -0.2) is 35.6 Å². The summed E-state index contributed by atoms with van der Waals surface area (Å²) < 4.78 is 13.2. The number of nitrogens with one attached hydrogen (secondary N) is 1. The highest BCUT2D eigenvalue weighted by Gasteiger charge is 2.22. The first-order chi connectivity index (χ1) is 17.4. The zero-order valence-corrected chi connectivity index (χ0v) is 21.4. The fraction of sp³-hybridized carbons (Fsp3) is 0.148. The molecule has 2 aromatic heterocycles. The molecule has 3 aromatic carbocycles. The van der Waals surface area contributed by atoms with Crippen molar-refractivity contribution in [3.8, 4) is 11.5 Å². The number of aromatic nitrogens is 2. The van der Waals surface area contributed by atoms with E-state index in [9.17, 15) is 9.59 Å². The van der Waals surface area contributed by atoms with Crippen molar-refractivity contribution < 1.29 is 19.1 Å². The number of rotatable bonds is 6. The van der Waals surface area contributed by atoms with Crippen molar-refractivity contribution in [3.63, 3.8) is 0 Å². The van der Waals surface area contributed by atoms with Gasteiger partial charge in [0.25, 0.3) is 5.91 Å². The lowest BCUT2D eigenvalue weighted by Gasteiger charge is -2.08. The van der Waals surface area contributed by atoms with Crippen LogP contribution in [-0.2, 0) is 11.2 Å². The number of hydrogen-bond donors (Lipinski definition) is 1. The number of hydrogen-bond acceptors (Lipinski definition) is 6. The third-order valence-corrected chi connectivity index (χ3v) is 7.20. The van der Waals surface area contributed by atoms with Gasteiger partial charge in [0, 0.05) is 21.7 Å². The van der Waals surface area contributed by atoms with Gasteiger partial charge >= 0.3 is 0 Å². The average Bonchev–Trinajstić information content (AvgIpc) is 3.40. The Bertz CT molecular complexity index is 1620. The molecule has 0 spiro atoms. The molecule has 0 unspecified atom stereocenters. The highest BCUT2D eigenvalue weighted by Crippen LogP contribution is 2.32. The molecule has 1 amide bonds. The number of ether oxygens (including phenoxy) is 2. The summed E-state index contributed by atoms with van der Waals surface area (Å²) in [5.41, 5.74) is 3.40. The maximum Gasteiger partial charge on any atom is 0.262 e. The Hall–Kier alpha value is -3.88. The number of amides is 1. The summed E-state index contributed by atoms with van der Waals surface area (Å²) in [5.74, 6) is 0.933. The van der Waals surface area contributed by atoms with Gasteiger partial charge in [-0.15, -0.1) is 0 Å². The van der Waals surface area contributed by atoms with E-state index in [0.29, 0.717) is 32.7 Å². The number of benzene rings is 3. The molecule has 0 atom stereocenters. The lowest BCUT2D eigenvalue weighted by atomic mass is 10.1. The maximum absolute atomic E-state index is 13.5. The first-order valence-corrected chi connectivity index (χ1v) is 12.3. The van der Waals surface area contributed by atoms with E-state index in [1.54, 1.807) is 49.1 Å². The minimum absolute atomic E-state index is 0.0651. The number of carbonyl (C=O) groups is 2. The molecule has 182 valence electrons. The van der Waals surface area contributed by atoms with Gasteiger partial charge in [0.1, 0.15) is 11.5 Å². The molecule has 5 rings (SSSR count). The van der Waals surface area contributed by atoms with Crippen molar-refractivity contribution in [2.24, 2.45) is 0 Å². The first-order valence-electron chi connectivity index (χ1n) is 11.1. The molecule has 5 aromatic rings. The second-order valence-corrected chi connectivity index (χ2v) is 9.64. The van der Waals surface area contributed by atoms with Crippen molar-refractivity contribution in [1.29, 1.82) is 0 Å². The van der Waals surface area contributed by atoms with E-state index in [4.69, 9.17) is 21.1 Å². The lowest BCUT2D eigenvalue weighted by molar-refractivity contribution is -0.115. The Labute approximate surface area is 216 Å². The molecule has 9 heteroatoms. The highest BCUT2D eigenvalue weighted by atomic mass is 35.5. The maximum atomic E-state index is 13.5. The van der Waals surface area contributed by atoms with E-state index in [2.05, 4.69) is 10.3 Å². The van der Waals surface area contributed by atoms with Crippen LogP contribution in [0.4, 0.5) is 5.13 Å². The smallest absolute Gasteiger partial charge is 0.262 e. The Kier molecular flexibility index (Phi) is 6.38. The number of anilines is 1. The monoisotopic (exact) mass is 519 g/mol. The Morgan fingerprint density at radius 2 is 1.69 bits per heavy atom. The third kappa shape index (κ3) is 4.41. The zero-order valence-electron chi connectivity index (χ0n) is 19.8. The van der Waals surface area contributed by atoms with Gasteiger partial charge < -0.3 is 14.8 Å². The molecule has 1 N–H and O–H groups in total. The van der Waals surface area contributed by atoms with Gasteiger partial charge in [-0.2, -0.15) is 0 Å². The number of nitrogens with zero attached hydrogens (tertiary/aromatic N) is 2. The number of methoxy groups -OCH3 is 2. The van der Waals surface area contributed by atoms with Crippen LogP contribution < -0.4 is 14.8 Å². The molecule has 0 saturated carbocycles. The Morgan fingerprint density at radius 1 is 1.00 bits per heavy atom. The first kappa shape index (κ1) is 23.8. The molecule has 0 aliphatic rings. The summed E-state index contributed by atoms with van der Waals surface area (Å²) >= 11 is 7.38. The van der Waals surface area contributed by atoms with Gasteiger partial charge in [0.2, 0.25) is 5.91 Å². The van der Waals surface area contributed by atoms with Crippen molar-refractivity contribution >= 4 is 61.0 Å². The van der Waals surface area contributed by atoms with E-state index >= 15 is 0 Å². The minimum atomic E-state index is -0.232. The Balaban J connectivity index is 1.50. The summed E-state index contributed by atoms with van der Waals surface area (Å²) in [6.45, 7) is 1.84. The zero-order chi connectivity index (χ0) is 25.4. The van der Waals surface area contributed by atoms with Gasteiger partial charge in [0.15, 0.2) is 5.13 Å². The fourth-order valence-electron chi connectivity index (χ4n) is 4.21. The topological polar surface area (TPSA) is 82.5 Å². The summed E-state index contributed by atoms with van der Waals surface area (Å²) in [4.78, 5) is 31.1. The molecule has 0 saturated heterocycles. The molecule has 0 aliphatic heterocycles. The second kappa shape index (κ2) is 9.64. The lowest BCUT2D eigenvalue weighted by Crippen LogP contribution is -2.16. The molecule has 7 nitrogen and oxygen atoms in total. The van der Waals surface area contributed by atoms with Crippen LogP contribution >= 0.6 is 22.9 Å². The molecule has 0 radical (unpaired) electrons. The molecule has 0 aliphatic carbocycles. The van der Waals surface area contributed by atoms with Crippen LogP contribution in [0.5, 0.6) is 11.5 Å². The van der Waals surface area contributed by atoms with Crippen molar-refractivity contribution in [2.75, 3.05) is 19.5 Å². The summed E-state index contributed by atoms with van der Waals surface area (Å²) in [7, 11) is 3.19. The van der Waals surface area contributed by atoms with E-state index in [0.717, 1.165) is 26.9 Å². The molecular weight excluding hydrogens is 498 g/mol. The Morgan fingerprint density at radius 3 is 2.42 bits per heavy atom. The van der Waals surface area contributed by atoms with E-state index < -0.39 is 0 Å². The van der Waals surface area contributed by atoms with Crippen LogP contribution in [0.2, 0.25) is 5.02 Å². The van der Waals surface area contributed by atoms with Gasteiger partial charge in [-0.1, -0.05) is 22.9 Å².